The van der Waals surface area contributed by atoms with E-state index in [0.29, 0.717) is 6.42 Å². The van der Waals surface area contributed by atoms with Gasteiger partial charge in [0.05, 0.1) is 6.42 Å². The summed E-state index contributed by atoms with van der Waals surface area (Å²) in [6.07, 6.45) is 0.317. The lowest BCUT2D eigenvalue weighted by Gasteiger charge is -2.19. The van der Waals surface area contributed by atoms with Crippen molar-refractivity contribution in [2.24, 2.45) is 0 Å². The Hall–Kier alpha value is -1.35. The molecule has 3 heteroatoms. The topological polar surface area (TPSA) is 53.9 Å². The molecule has 0 atom stereocenters. The van der Waals surface area contributed by atoms with E-state index in [2.05, 4.69) is 5.73 Å². The van der Waals surface area contributed by atoms with Crippen LogP contribution in [0.2, 0.25) is 0 Å². The number of carbonyl (C=O) groups excluding carboxylic acids is 1. The average Bonchev–Trinajstić information content (AvgIpc) is 2.05. The van der Waals surface area contributed by atoms with Crippen LogP contribution in [0.4, 0.5) is 5.69 Å². The number of hydrogen-bond donors (Lipinski definition) is 1. The Morgan fingerprint density at radius 3 is 2.27 bits per heavy atom. The van der Waals surface area contributed by atoms with Crippen molar-refractivity contribution in [3.63, 3.8) is 0 Å². The Bertz CT molecular complexity index is 336. The van der Waals surface area contributed by atoms with Gasteiger partial charge in [0.1, 0.15) is 11.3 Å². The van der Waals surface area contributed by atoms with Crippen molar-refractivity contribution >= 4 is 11.7 Å². The van der Waals surface area contributed by atoms with E-state index in [0.717, 1.165) is 11.3 Å². The lowest BCUT2D eigenvalue weighted by molar-refractivity contribution is -0.254. The van der Waals surface area contributed by atoms with Crippen LogP contribution in [0.5, 0.6) is 0 Å². The second-order valence-electron chi connectivity index (χ2n) is 4.58. The Kier molecular flexibility index (Phi) is 3.48. The van der Waals surface area contributed by atoms with Crippen molar-refractivity contribution in [2.75, 3.05) is 0 Å². The number of ether oxygens (including phenoxy) is 1. The molecule has 0 unspecified atom stereocenters. The number of esters is 1. The smallest absolute Gasteiger partial charge is 0.310 e. The van der Waals surface area contributed by atoms with E-state index in [4.69, 9.17) is 4.74 Å². The Morgan fingerprint density at radius 1 is 1.27 bits per heavy atom. The molecule has 0 heterocycles. The molecular formula is C12H18NO2+. The van der Waals surface area contributed by atoms with Crippen LogP contribution in [0, 0.1) is 0 Å². The first kappa shape index (κ1) is 11.7. The highest BCUT2D eigenvalue weighted by Crippen LogP contribution is 2.10. The summed E-state index contributed by atoms with van der Waals surface area (Å²) >= 11 is 0. The second kappa shape index (κ2) is 4.45. The zero-order chi connectivity index (χ0) is 11.5. The van der Waals surface area contributed by atoms with Crippen LogP contribution in [-0.2, 0) is 16.0 Å². The normalized spacial score (nSPS) is 11.2. The largest absolute Gasteiger partial charge is 0.460 e. The monoisotopic (exact) mass is 208 g/mol. The molecule has 1 rings (SSSR count). The molecule has 1 aromatic rings. The van der Waals surface area contributed by atoms with Gasteiger partial charge in [-0.3, -0.25) is 4.79 Å². The fourth-order valence-electron chi connectivity index (χ4n) is 1.20. The molecule has 3 nitrogen and oxygen atoms in total. The van der Waals surface area contributed by atoms with E-state index >= 15 is 0 Å². The first-order valence-corrected chi connectivity index (χ1v) is 4.99. The number of carbonyl (C=O) groups is 1. The van der Waals surface area contributed by atoms with Crippen molar-refractivity contribution < 1.29 is 15.3 Å². The highest BCUT2D eigenvalue weighted by molar-refractivity contribution is 5.73. The van der Waals surface area contributed by atoms with Crippen molar-refractivity contribution in [3.05, 3.63) is 29.8 Å². The number of hydrogen-bond acceptors (Lipinski definition) is 2. The van der Waals surface area contributed by atoms with E-state index in [1.165, 1.54) is 0 Å². The minimum Gasteiger partial charge on any atom is -0.460 e. The fourth-order valence-corrected chi connectivity index (χ4v) is 1.20. The van der Waals surface area contributed by atoms with Crippen LogP contribution >= 0.6 is 0 Å². The predicted molar refractivity (Wildman–Crippen MR) is 58.5 cm³/mol. The number of benzene rings is 1. The predicted octanol–water partition coefficient (Wildman–Crippen LogP) is 1.44. The molecule has 0 aliphatic heterocycles. The van der Waals surface area contributed by atoms with Crippen molar-refractivity contribution in [3.8, 4) is 0 Å². The molecule has 82 valence electrons. The molecule has 0 bridgehead atoms. The SMILES string of the molecule is CC(C)(C)OC(=O)Cc1ccc([NH3+])cc1. The van der Waals surface area contributed by atoms with Crippen LogP contribution in [0.15, 0.2) is 24.3 Å². The summed E-state index contributed by atoms with van der Waals surface area (Å²) in [5, 5.41) is 0. The molecule has 0 aliphatic rings. The molecule has 0 saturated heterocycles. The minimum absolute atomic E-state index is 0.195. The van der Waals surface area contributed by atoms with Crippen LogP contribution in [0.3, 0.4) is 0 Å². The first-order valence-electron chi connectivity index (χ1n) is 4.99. The van der Waals surface area contributed by atoms with Crippen LogP contribution in [-0.4, -0.2) is 11.6 Å². The molecule has 0 aromatic heterocycles. The second-order valence-corrected chi connectivity index (χ2v) is 4.58. The third-order valence-corrected chi connectivity index (χ3v) is 1.79. The quantitative estimate of drug-likeness (QED) is 0.748. The van der Waals surface area contributed by atoms with E-state index in [-0.39, 0.29) is 5.97 Å². The Morgan fingerprint density at radius 2 is 1.80 bits per heavy atom. The minimum atomic E-state index is -0.413. The summed E-state index contributed by atoms with van der Waals surface area (Å²) < 4.78 is 5.22. The fraction of sp³-hybridized carbons (Fsp3) is 0.417. The summed E-state index contributed by atoms with van der Waals surface area (Å²) in [5.74, 6) is -0.195. The lowest BCUT2D eigenvalue weighted by Crippen LogP contribution is -2.39. The molecule has 3 N–H and O–H groups in total. The zero-order valence-corrected chi connectivity index (χ0v) is 9.54. The van der Waals surface area contributed by atoms with E-state index in [1.807, 2.05) is 45.0 Å². The summed E-state index contributed by atoms with van der Waals surface area (Å²) in [4.78, 5) is 11.5. The van der Waals surface area contributed by atoms with Gasteiger partial charge in [-0.1, -0.05) is 12.1 Å². The van der Waals surface area contributed by atoms with Gasteiger partial charge >= 0.3 is 5.97 Å². The standard InChI is InChI=1S/C12H17NO2/c1-12(2,3)15-11(14)8-9-4-6-10(13)7-5-9/h4-7H,8,13H2,1-3H3/p+1. The summed E-state index contributed by atoms with van der Waals surface area (Å²) in [7, 11) is 0. The molecule has 0 fully saturated rings. The van der Waals surface area contributed by atoms with Gasteiger partial charge < -0.3 is 10.5 Å². The lowest BCUT2D eigenvalue weighted by atomic mass is 10.1. The Labute approximate surface area is 90.2 Å². The van der Waals surface area contributed by atoms with E-state index in [9.17, 15) is 4.79 Å². The van der Waals surface area contributed by atoms with Gasteiger partial charge in [-0.25, -0.2) is 0 Å². The average molecular weight is 208 g/mol. The third kappa shape index (κ3) is 4.61. The van der Waals surface area contributed by atoms with Crippen LogP contribution in [0.1, 0.15) is 26.3 Å². The summed E-state index contributed by atoms with van der Waals surface area (Å²) in [6, 6.07) is 7.57. The summed E-state index contributed by atoms with van der Waals surface area (Å²) in [5.41, 5.74) is 5.27. The van der Waals surface area contributed by atoms with Gasteiger partial charge in [-0.05, 0) is 38.5 Å². The summed E-state index contributed by atoms with van der Waals surface area (Å²) in [6.45, 7) is 5.60. The first-order chi connectivity index (χ1) is 6.87. The molecule has 0 saturated carbocycles. The number of quaternary nitrogens is 1. The highest BCUT2D eigenvalue weighted by atomic mass is 16.6. The molecule has 0 aliphatic carbocycles. The van der Waals surface area contributed by atoms with Gasteiger partial charge in [0.15, 0.2) is 0 Å². The molecule has 15 heavy (non-hydrogen) atoms. The van der Waals surface area contributed by atoms with Gasteiger partial charge in [0.25, 0.3) is 0 Å². The van der Waals surface area contributed by atoms with Gasteiger partial charge in [0, 0.05) is 0 Å². The molecular weight excluding hydrogens is 190 g/mol. The molecule has 0 spiro atoms. The Balaban J connectivity index is 2.55. The van der Waals surface area contributed by atoms with Crippen LogP contribution < -0.4 is 5.73 Å². The van der Waals surface area contributed by atoms with E-state index in [1.54, 1.807) is 0 Å². The maximum Gasteiger partial charge on any atom is 0.310 e. The molecule has 0 amide bonds. The van der Waals surface area contributed by atoms with Crippen molar-refractivity contribution in [2.45, 2.75) is 32.8 Å². The molecule has 1 aromatic carbocycles. The maximum atomic E-state index is 11.5. The van der Waals surface area contributed by atoms with Gasteiger partial charge in [-0.15, -0.1) is 0 Å². The van der Waals surface area contributed by atoms with Crippen LogP contribution in [0.25, 0.3) is 0 Å². The molecule has 0 radical (unpaired) electrons. The zero-order valence-electron chi connectivity index (χ0n) is 9.54. The van der Waals surface area contributed by atoms with Crippen molar-refractivity contribution in [1.29, 1.82) is 0 Å². The van der Waals surface area contributed by atoms with Gasteiger partial charge in [-0.2, -0.15) is 0 Å². The van der Waals surface area contributed by atoms with Gasteiger partial charge in [0.2, 0.25) is 0 Å². The third-order valence-electron chi connectivity index (χ3n) is 1.79. The van der Waals surface area contributed by atoms with Crippen molar-refractivity contribution in [1.82, 2.24) is 0 Å². The highest BCUT2D eigenvalue weighted by Gasteiger charge is 2.16. The number of rotatable bonds is 2. The van der Waals surface area contributed by atoms with E-state index < -0.39 is 5.60 Å². The maximum absolute atomic E-state index is 11.5.